The normalized spacial score (nSPS) is 16.5. The number of nitrogens with one attached hydrogen (secondary N) is 1. The zero-order chi connectivity index (χ0) is 17.3. The van der Waals surface area contributed by atoms with Crippen LogP contribution in [-0.4, -0.2) is 10.8 Å². The van der Waals surface area contributed by atoms with Crippen LogP contribution in [0.1, 0.15) is 39.0 Å². The number of nitro benzene ring substituents is 1. The van der Waals surface area contributed by atoms with Crippen LogP contribution in [0.2, 0.25) is 0 Å². The number of carbonyl (C=O) groups is 1. The zero-order valence-electron chi connectivity index (χ0n) is 13.2. The molecule has 0 saturated heterocycles. The molecule has 0 bridgehead atoms. The van der Waals surface area contributed by atoms with Crippen LogP contribution in [0.15, 0.2) is 24.3 Å². The second kappa shape index (κ2) is 6.60. The lowest BCUT2D eigenvalue weighted by Crippen LogP contribution is -2.22. The van der Waals surface area contributed by atoms with Crippen LogP contribution in [0, 0.1) is 16.0 Å². The van der Waals surface area contributed by atoms with Gasteiger partial charge in [0.25, 0.3) is 11.6 Å². The predicted octanol–water partition coefficient (Wildman–Crippen LogP) is 2.78. The lowest BCUT2D eigenvalue weighted by Gasteiger charge is -2.16. The summed E-state index contributed by atoms with van der Waals surface area (Å²) in [4.78, 5) is 24.4. The number of carbonyl (C=O) groups excluding carboxylic acids is 1. The third kappa shape index (κ3) is 3.41. The van der Waals surface area contributed by atoms with E-state index in [1.54, 1.807) is 0 Å². The number of hydrogen-bond donors (Lipinski definition) is 1. The number of benzene rings is 1. The van der Waals surface area contributed by atoms with Gasteiger partial charge in [0.1, 0.15) is 0 Å². The van der Waals surface area contributed by atoms with Crippen LogP contribution in [0.3, 0.4) is 0 Å². The monoisotopic (exact) mass is 345 g/mol. The van der Waals surface area contributed by atoms with Gasteiger partial charge in [-0.1, -0.05) is 13.0 Å². The van der Waals surface area contributed by atoms with E-state index in [0.29, 0.717) is 10.8 Å². The second-order valence-electron chi connectivity index (χ2n) is 6.14. The molecule has 0 fully saturated rings. The highest BCUT2D eigenvalue weighted by Crippen LogP contribution is 2.32. The molecule has 3 rings (SSSR count). The Bertz CT molecular complexity index is 800. The molecule has 0 aliphatic heterocycles. The summed E-state index contributed by atoms with van der Waals surface area (Å²) in [5.41, 5.74) is 1.30. The van der Waals surface area contributed by atoms with E-state index in [-0.39, 0.29) is 29.5 Å². The van der Waals surface area contributed by atoms with Gasteiger partial charge in [0, 0.05) is 23.6 Å². The van der Waals surface area contributed by atoms with Crippen LogP contribution in [0.25, 0.3) is 0 Å². The number of fused-ring (bicyclic) bond motifs is 1. The minimum absolute atomic E-state index is 0.0156. The summed E-state index contributed by atoms with van der Waals surface area (Å²) in [5.74, 6) is 0.0732. The SMILES string of the molecule is C[C@H]1CCc2sc(C(=O)NCc3cc([N+](=O)[O-])ccc3[O-])cc2C1. The van der Waals surface area contributed by atoms with E-state index < -0.39 is 4.92 Å². The maximum absolute atomic E-state index is 12.3. The first-order valence-corrected chi connectivity index (χ1v) is 8.60. The molecule has 24 heavy (non-hydrogen) atoms. The van der Waals surface area contributed by atoms with Crippen molar-refractivity contribution in [2.75, 3.05) is 0 Å². The van der Waals surface area contributed by atoms with Crippen molar-refractivity contribution in [2.45, 2.75) is 32.7 Å². The van der Waals surface area contributed by atoms with E-state index in [1.807, 2.05) is 6.07 Å². The highest BCUT2D eigenvalue weighted by molar-refractivity contribution is 7.14. The van der Waals surface area contributed by atoms with Gasteiger partial charge in [-0.15, -0.1) is 17.1 Å². The molecule has 1 aliphatic carbocycles. The molecule has 1 aliphatic rings. The first-order valence-electron chi connectivity index (χ1n) is 7.78. The molecule has 1 aromatic carbocycles. The number of rotatable bonds is 4. The summed E-state index contributed by atoms with van der Waals surface area (Å²) >= 11 is 1.49. The van der Waals surface area contributed by atoms with E-state index in [2.05, 4.69) is 12.2 Å². The van der Waals surface area contributed by atoms with Gasteiger partial charge >= 0.3 is 0 Å². The molecule has 126 valence electrons. The maximum atomic E-state index is 12.3. The summed E-state index contributed by atoms with van der Waals surface area (Å²) in [5, 5.41) is 25.2. The molecule has 6 nitrogen and oxygen atoms in total. The molecular formula is C17H17N2O4S-. The average Bonchev–Trinajstić information content (AvgIpc) is 2.96. The van der Waals surface area contributed by atoms with E-state index >= 15 is 0 Å². The van der Waals surface area contributed by atoms with Gasteiger partial charge < -0.3 is 10.4 Å². The van der Waals surface area contributed by atoms with Gasteiger partial charge in [-0.3, -0.25) is 14.9 Å². The van der Waals surface area contributed by atoms with Crippen molar-refractivity contribution in [3.63, 3.8) is 0 Å². The number of non-ortho nitro benzene ring substituents is 1. The lowest BCUT2D eigenvalue weighted by molar-refractivity contribution is -0.385. The molecule has 1 aromatic heterocycles. The van der Waals surface area contributed by atoms with Crippen LogP contribution >= 0.6 is 11.3 Å². The van der Waals surface area contributed by atoms with Crippen molar-refractivity contribution in [3.8, 4) is 5.75 Å². The molecule has 1 heterocycles. The quantitative estimate of drug-likeness (QED) is 0.681. The molecule has 0 unspecified atom stereocenters. The number of nitro groups is 1. The molecule has 1 amide bonds. The minimum Gasteiger partial charge on any atom is -0.872 e. The highest BCUT2D eigenvalue weighted by Gasteiger charge is 2.20. The van der Waals surface area contributed by atoms with Crippen molar-refractivity contribution >= 4 is 22.9 Å². The molecule has 0 spiro atoms. The Hall–Kier alpha value is -2.41. The van der Waals surface area contributed by atoms with Crippen LogP contribution in [-0.2, 0) is 19.4 Å². The molecule has 1 atom stereocenters. The second-order valence-corrected chi connectivity index (χ2v) is 7.28. The number of hydrogen-bond acceptors (Lipinski definition) is 5. The Morgan fingerprint density at radius 3 is 2.96 bits per heavy atom. The van der Waals surface area contributed by atoms with Crippen LogP contribution in [0.5, 0.6) is 5.75 Å². The van der Waals surface area contributed by atoms with Gasteiger partial charge in [-0.25, -0.2) is 0 Å². The smallest absolute Gasteiger partial charge is 0.269 e. The summed E-state index contributed by atoms with van der Waals surface area (Å²) < 4.78 is 0. The largest absolute Gasteiger partial charge is 0.872 e. The zero-order valence-corrected chi connectivity index (χ0v) is 14.0. The third-order valence-electron chi connectivity index (χ3n) is 4.25. The van der Waals surface area contributed by atoms with Crippen molar-refractivity contribution in [3.05, 3.63) is 55.3 Å². The Labute approximate surface area is 143 Å². The Morgan fingerprint density at radius 2 is 2.21 bits per heavy atom. The third-order valence-corrected chi connectivity index (χ3v) is 5.48. The first kappa shape index (κ1) is 16.4. The minimum atomic E-state index is -0.556. The van der Waals surface area contributed by atoms with Gasteiger partial charge in [0.2, 0.25) is 0 Å². The Kier molecular flexibility index (Phi) is 4.53. The topological polar surface area (TPSA) is 95.3 Å². The standard InChI is InChI=1S/C17H18N2O4S/c1-10-2-5-15-11(6-10)8-16(24-15)17(21)18-9-12-7-13(19(22)23)3-4-14(12)20/h3-4,7-8,10,20H,2,5-6,9H2,1H3,(H,18,21)/p-1/t10-/m0/s1. The van der Waals surface area contributed by atoms with E-state index in [4.69, 9.17) is 0 Å². The fraction of sp³-hybridized carbons (Fsp3) is 0.353. The summed E-state index contributed by atoms with van der Waals surface area (Å²) in [6.07, 6.45) is 3.14. The Morgan fingerprint density at radius 1 is 1.42 bits per heavy atom. The van der Waals surface area contributed by atoms with Gasteiger partial charge in [0.05, 0.1) is 9.80 Å². The lowest BCUT2D eigenvalue weighted by atomic mass is 9.90. The summed E-state index contributed by atoms with van der Waals surface area (Å²) in [7, 11) is 0. The molecule has 0 saturated carbocycles. The first-order chi connectivity index (χ1) is 11.4. The maximum Gasteiger partial charge on any atom is 0.269 e. The molecule has 2 aromatic rings. The highest BCUT2D eigenvalue weighted by atomic mass is 32.1. The fourth-order valence-corrected chi connectivity index (χ4v) is 4.02. The van der Waals surface area contributed by atoms with Crippen molar-refractivity contribution in [2.24, 2.45) is 5.92 Å². The van der Waals surface area contributed by atoms with Gasteiger partial charge in [0.15, 0.2) is 0 Å². The van der Waals surface area contributed by atoms with Gasteiger partial charge in [-0.2, -0.15) is 0 Å². The molecular weight excluding hydrogens is 328 g/mol. The summed E-state index contributed by atoms with van der Waals surface area (Å²) in [6.45, 7) is 2.19. The fourth-order valence-electron chi connectivity index (χ4n) is 2.90. The predicted molar refractivity (Wildman–Crippen MR) is 89.2 cm³/mol. The van der Waals surface area contributed by atoms with E-state index in [0.717, 1.165) is 25.3 Å². The Balaban J connectivity index is 1.70. The number of nitrogens with zero attached hydrogens (tertiary/aromatic N) is 1. The van der Waals surface area contributed by atoms with Crippen LogP contribution in [0.4, 0.5) is 5.69 Å². The number of amides is 1. The van der Waals surface area contributed by atoms with Crippen LogP contribution < -0.4 is 10.4 Å². The van der Waals surface area contributed by atoms with Crippen molar-refractivity contribution in [1.29, 1.82) is 0 Å². The van der Waals surface area contributed by atoms with E-state index in [1.165, 1.54) is 33.9 Å². The van der Waals surface area contributed by atoms with Crippen molar-refractivity contribution in [1.82, 2.24) is 5.32 Å². The number of thiophene rings is 1. The average molecular weight is 345 g/mol. The van der Waals surface area contributed by atoms with E-state index in [9.17, 15) is 20.0 Å². The number of aryl methyl sites for hydroxylation is 1. The molecule has 0 radical (unpaired) electrons. The molecule has 1 N–H and O–H groups in total. The van der Waals surface area contributed by atoms with Crippen molar-refractivity contribution < 1.29 is 14.8 Å². The summed E-state index contributed by atoms with van der Waals surface area (Å²) in [6, 6.07) is 5.47. The van der Waals surface area contributed by atoms with Gasteiger partial charge in [-0.05, 0) is 42.4 Å². The molecule has 7 heteroatoms.